The minimum atomic E-state index is -4.21. The van der Waals surface area contributed by atoms with Crippen molar-refractivity contribution >= 4 is 15.8 Å². The first-order valence-electron chi connectivity index (χ1n) is 6.40. The van der Waals surface area contributed by atoms with E-state index in [1.54, 1.807) is 23.1 Å². The predicted molar refractivity (Wildman–Crippen MR) is 84.6 cm³/mol. The van der Waals surface area contributed by atoms with Crippen LogP contribution in [0.1, 0.15) is 8.35 Å². The molecule has 0 saturated carbocycles. The van der Waals surface area contributed by atoms with E-state index in [-0.39, 0.29) is 43.0 Å². The zero-order valence-electron chi connectivity index (χ0n) is 14.8. The molecule has 0 aromatic heterocycles. The Bertz CT molecular complexity index is 551. The molecule has 1 aromatic rings. The van der Waals surface area contributed by atoms with Crippen LogP contribution >= 0.6 is 0 Å². The fraction of sp³-hybridized carbons (Fsp3) is 0.538. The Hall–Kier alpha value is -0.550. The Labute approximate surface area is 160 Å². The largest absolute Gasteiger partial charge is 1.00 e. The molecule has 10 heteroatoms. The molecule has 8 nitrogen and oxygen atoms in total. The summed E-state index contributed by atoms with van der Waals surface area (Å²) in [5, 5.41) is 9.76. The standard InChI is InChI=1S/C13H21NO6S.Na.H2O.H/c1-4-14(8-11(15)9-21(16,17)18)10-5-12(19-2)7-13(6-10)20-3;;;/h5-7,11,15H,4,8-9H2,1-3H3,(H,16,17,18);;1H2;/q;+1;;-1. The quantitative estimate of drug-likeness (QED) is 0.375. The normalized spacial score (nSPS) is 11.7. The molecule has 0 heterocycles. The molecule has 0 saturated heterocycles. The molecule has 23 heavy (non-hydrogen) atoms. The minimum Gasteiger partial charge on any atom is -1.00 e. The van der Waals surface area contributed by atoms with E-state index >= 15 is 0 Å². The summed E-state index contributed by atoms with van der Waals surface area (Å²) in [6.45, 7) is 2.47. The van der Waals surface area contributed by atoms with Gasteiger partial charge in [0.25, 0.3) is 10.1 Å². The maximum absolute atomic E-state index is 10.8. The summed E-state index contributed by atoms with van der Waals surface area (Å²) >= 11 is 0. The van der Waals surface area contributed by atoms with Crippen molar-refractivity contribution in [2.75, 3.05) is 38.0 Å². The van der Waals surface area contributed by atoms with Gasteiger partial charge in [-0.25, -0.2) is 0 Å². The fourth-order valence-corrected chi connectivity index (χ4v) is 2.53. The summed E-state index contributed by atoms with van der Waals surface area (Å²) < 4.78 is 40.7. The maximum Gasteiger partial charge on any atom is 1.00 e. The monoisotopic (exact) mass is 361 g/mol. The van der Waals surface area contributed by atoms with E-state index in [0.717, 1.165) is 5.69 Å². The Morgan fingerprint density at radius 2 is 1.70 bits per heavy atom. The number of aliphatic hydroxyl groups excluding tert-OH is 1. The van der Waals surface area contributed by atoms with E-state index in [2.05, 4.69) is 0 Å². The van der Waals surface area contributed by atoms with Crippen LogP contribution in [0.15, 0.2) is 18.2 Å². The second-order valence-corrected chi connectivity index (χ2v) is 6.01. The van der Waals surface area contributed by atoms with E-state index in [0.29, 0.717) is 18.0 Å². The van der Waals surface area contributed by atoms with Crippen molar-refractivity contribution in [3.63, 3.8) is 0 Å². The Balaban J connectivity index is -0.00000147. The van der Waals surface area contributed by atoms with Gasteiger partial charge in [0.05, 0.1) is 20.3 Å². The Morgan fingerprint density at radius 3 is 2.04 bits per heavy atom. The summed E-state index contributed by atoms with van der Waals surface area (Å²) in [5.41, 5.74) is 0.725. The van der Waals surface area contributed by atoms with Gasteiger partial charge in [-0.15, -0.1) is 0 Å². The van der Waals surface area contributed by atoms with Crippen molar-refractivity contribution in [2.24, 2.45) is 0 Å². The van der Waals surface area contributed by atoms with Crippen LogP contribution in [-0.4, -0.2) is 62.7 Å². The van der Waals surface area contributed by atoms with E-state index in [4.69, 9.17) is 14.0 Å². The summed E-state index contributed by atoms with van der Waals surface area (Å²) in [4.78, 5) is 1.76. The molecule has 0 aliphatic rings. The zero-order chi connectivity index (χ0) is 16.0. The number of benzene rings is 1. The number of anilines is 1. The van der Waals surface area contributed by atoms with Crippen LogP contribution in [0, 0.1) is 0 Å². The van der Waals surface area contributed by atoms with Crippen molar-refractivity contribution in [2.45, 2.75) is 13.0 Å². The smallest absolute Gasteiger partial charge is 1.00 e. The molecular formula is C13H24NNaO7S. The SMILES string of the molecule is CCN(CC(O)CS(=O)(=O)O)c1cc(OC)cc(OC)c1.O.[H-].[Na+]. The van der Waals surface area contributed by atoms with Crippen molar-refractivity contribution < 1.29 is 64.0 Å². The first-order valence-corrected chi connectivity index (χ1v) is 8.01. The Morgan fingerprint density at radius 1 is 1.22 bits per heavy atom. The first kappa shape index (κ1) is 24.7. The van der Waals surface area contributed by atoms with Crippen LogP contribution < -0.4 is 43.9 Å². The van der Waals surface area contributed by atoms with Gasteiger partial charge in [0.2, 0.25) is 0 Å². The average Bonchev–Trinajstić information content (AvgIpc) is 2.42. The van der Waals surface area contributed by atoms with Crippen LogP contribution in [0.3, 0.4) is 0 Å². The molecule has 0 bridgehead atoms. The number of hydrogen-bond acceptors (Lipinski definition) is 6. The number of likely N-dealkylation sites (N-methyl/N-ethyl adjacent to an activating group) is 1. The summed E-state index contributed by atoms with van der Waals surface area (Å²) in [5.74, 6) is 0.476. The molecule has 1 rings (SSSR count). The van der Waals surface area contributed by atoms with Crippen LogP contribution in [0.4, 0.5) is 5.69 Å². The van der Waals surface area contributed by atoms with Gasteiger partial charge in [-0.2, -0.15) is 8.42 Å². The fourth-order valence-electron chi connectivity index (χ4n) is 1.94. The number of nitrogens with zero attached hydrogens (tertiary/aromatic N) is 1. The Kier molecular flexibility index (Phi) is 11.9. The van der Waals surface area contributed by atoms with Crippen LogP contribution in [0.2, 0.25) is 0 Å². The van der Waals surface area contributed by atoms with E-state index in [1.165, 1.54) is 14.2 Å². The van der Waals surface area contributed by atoms with Gasteiger partial charge >= 0.3 is 29.6 Å². The van der Waals surface area contributed by atoms with Crippen molar-refractivity contribution in [1.82, 2.24) is 0 Å². The van der Waals surface area contributed by atoms with Crippen LogP contribution in [0.25, 0.3) is 0 Å². The van der Waals surface area contributed by atoms with Crippen LogP contribution in [0.5, 0.6) is 11.5 Å². The summed E-state index contributed by atoms with van der Waals surface area (Å²) in [6, 6.07) is 5.23. The van der Waals surface area contributed by atoms with Gasteiger partial charge in [-0.05, 0) is 6.92 Å². The summed E-state index contributed by atoms with van der Waals surface area (Å²) in [7, 11) is -1.15. The van der Waals surface area contributed by atoms with Gasteiger partial charge in [-0.1, -0.05) is 0 Å². The van der Waals surface area contributed by atoms with Gasteiger partial charge in [0.1, 0.15) is 17.3 Å². The van der Waals surface area contributed by atoms with Gasteiger partial charge < -0.3 is 26.4 Å². The zero-order valence-corrected chi connectivity index (χ0v) is 16.6. The van der Waals surface area contributed by atoms with Gasteiger partial charge in [-0.3, -0.25) is 4.55 Å². The molecule has 130 valence electrons. The third-order valence-electron chi connectivity index (χ3n) is 2.92. The number of methoxy groups -OCH3 is 2. The van der Waals surface area contributed by atoms with E-state index in [1.807, 2.05) is 6.92 Å². The van der Waals surface area contributed by atoms with Crippen molar-refractivity contribution in [3.8, 4) is 11.5 Å². The second-order valence-electron chi connectivity index (χ2n) is 4.51. The molecule has 1 unspecified atom stereocenters. The maximum atomic E-state index is 10.8. The number of rotatable bonds is 8. The molecule has 4 N–H and O–H groups in total. The predicted octanol–water partition coefficient (Wildman–Crippen LogP) is -2.93. The first-order chi connectivity index (χ1) is 9.78. The van der Waals surface area contributed by atoms with E-state index in [9.17, 15) is 13.5 Å². The van der Waals surface area contributed by atoms with E-state index < -0.39 is 22.0 Å². The summed E-state index contributed by atoms with van der Waals surface area (Å²) in [6.07, 6.45) is -1.20. The molecule has 0 aliphatic carbocycles. The molecule has 0 aliphatic heterocycles. The molecule has 1 atom stereocenters. The minimum absolute atomic E-state index is 0. The molecular weight excluding hydrogens is 337 g/mol. The third-order valence-corrected chi connectivity index (χ3v) is 3.72. The van der Waals surface area contributed by atoms with Crippen molar-refractivity contribution in [1.29, 1.82) is 0 Å². The number of ether oxygens (including phenoxy) is 2. The number of hydrogen-bond donors (Lipinski definition) is 2. The molecule has 0 radical (unpaired) electrons. The molecule has 0 amide bonds. The van der Waals surface area contributed by atoms with Gasteiger partial charge in [0.15, 0.2) is 0 Å². The second kappa shape index (κ2) is 11.1. The number of aliphatic hydroxyl groups is 1. The van der Waals surface area contributed by atoms with Gasteiger partial charge in [0, 0.05) is 37.0 Å². The topological polar surface area (TPSA) is 128 Å². The molecule has 0 fully saturated rings. The molecule has 0 spiro atoms. The van der Waals surface area contributed by atoms with Crippen LogP contribution in [-0.2, 0) is 10.1 Å². The third kappa shape index (κ3) is 8.75. The molecule has 1 aromatic carbocycles. The average molecular weight is 361 g/mol. The van der Waals surface area contributed by atoms with Crippen molar-refractivity contribution in [3.05, 3.63) is 18.2 Å².